The zero-order chi connectivity index (χ0) is 15.6. The highest BCUT2D eigenvalue weighted by Gasteiger charge is 2.43. The summed E-state index contributed by atoms with van der Waals surface area (Å²) in [5.74, 6) is -3.04. The monoisotopic (exact) mass is 283 g/mol. The predicted molar refractivity (Wildman–Crippen MR) is 70.4 cm³/mol. The lowest BCUT2D eigenvalue weighted by Crippen LogP contribution is -2.50. The van der Waals surface area contributed by atoms with Crippen LogP contribution in [-0.4, -0.2) is 22.6 Å². The Morgan fingerprint density at radius 2 is 1.85 bits per heavy atom. The van der Waals surface area contributed by atoms with Gasteiger partial charge < -0.3 is 15.6 Å². The van der Waals surface area contributed by atoms with Crippen LogP contribution >= 0.6 is 0 Å². The first-order valence-corrected chi connectivity index (χ1v) is 6.05. The first kappa shape index (κ1) is 16.1. The average Bonchev–Trinajstić information content (AvgIpc) is 2.25. The van der Waals surface area contributed by atoms with E-state index in [0.717, 1.165) is 6.07 Å². The molecule has 1 aromatic rings. The van der Waals surface area contributed by atoms with Crippen molar-refractivity contribution in [2.75, 3.05) is 0 Å². The van der Waals surface area contributed by atoms with E-state index in [2.05, 4.69) is 0 Å². The van der Waals surface area contributed by atoms with E-state index in [0.29, 0.717) is 0 Å². The van der Waals surface area contributed by atoms with Gasteiger partial charge in [0.25, 0.3) is 0 Å². The number of esters is 1. The Kier molecular flexibility index (Phi) is 4.50. The molecule has 3 N–H and O–H groups in total. The number of carbonyl (C=O) groups excluding carboxylic acids is 1. The molecule has 0 amide bonds. The van der Waals surface area contributed by atoms with Crippen LogP contribution in [0.4, 0.5) is 4.39 Å². The Morgan fingerprint density at radius 3 is 2.30 bits per heavy atom. The minimum Gasteiger partial charge on any atom is -0.481 e. The number of ether oxygens (including phenoxy) is 1. The minimum absolute atomic E-state index is 0.198. The van der Waals surface area contributed by atoms with E-state index in [1.54, 1.807) is 20.8 Å². The second-order valence-electron chi connectivity index (χ2n) is 5.52. The molecular weight excluding hydrogens is 265 g/mol. The van der Waals surface area contributed by atoms with E-state index in [-0.39, 0.29) is 5.56 Å². The molecule has 5 nitrogen and oxygen atoms in total. The second kappa shape index (κ2) is 5.58. The Bertz CT molecular complexity index is 524. The summed E-state index contributed by atoms with van der Waals surface area (Å²) >= 11 is 0. The first-order valence-electron chi connectivity index (χ1n) is 6.05. The van der Waals surface area contributed by atoms with E-state index < -0.39 is 35.3 Å². The van der Waals surface area contributed by atoms with Gasteiger partial charge in [-0.3, -0.25) is 4.79 Å². The normalized spacial score (nSPS) is 14.4. The molecule has 1 rings (SSSR count). The molecule has 0 heterocycles. The van der Waals surface area contributed by atoms with Crippen molar-refractivity contribution in [2.24, 2.45) is 5.73 Å². The van der Waals surface area contributed by atoms with Crippen molar-refractivity contribution in [3.05, 3.63) is 35.6 Å². The van der Waals surface area contributed by atoms with Crippen LogP contribution in [0.2, 0.25) is 0 Å². The van der Waals surface area contributed by atoms with Crippen molar-refractivity contribution in [1.29, 1.82) is 0 Å². The summed E-state index contributed by atoms with van der Waals surface area (Å²) in [5.41, 5.74) is 2.76. The number of halogens is 1. The van der Waals surface area contributed by atoms with Crippen molar-refractivity contribution in [1.82, 2.24) is 0 Å². The number of nitrogens with two attached hydrogens (primary N) is 1. The quantitative estimate of drug-likeness (QED) is 0.822. The van der Waals surface area contributed by atoms with E-state index in [9.17, 15) is 14.0 Å². The second-order valence-corrected chi connectivity index (χ2v) is 5.52. The Balaban J connectivity index is 3.26. The lowest BCUT2D eigenvalue weighted by Gasteiger charge is -2.30. The van der Waals surface area contributed by atoms with Gasteiger partial charge in [0.15, 0.2) is 5.54 Å². The lowest BCUT2D eigenvalue weighted by molar-refractivity contribution is -0.165. The standard InChI is InChI=1S/C14H18FNO4/c1-13(2,3)20-12(19)14(16,8-11(17)18)9-6-4-5-7-10(9)15/h4-7H,8,16H2,1-3H3,(H,17,18). The van der Waals surface area contributed by atoms with Gasteiger partial charge in [-0.1, -0.05) is 18.2 Å². The summed E-state index contributed by atoms with van der Waals surface area (Å²) in [6.07, 6.45) is -0.761. The van der Waals surface area contributed by atoms with Crippen LogP contribution in [0.1, 0.15) is 32.8 Å². The van der Waals surface area contributed by atoms with Gasteiger partial charge in [0.2, 0.25) is 0 Å². The highest BCUT2D eigenvalue weighted by molar-refractivity contribution is 5.87. The number of carbonyl (C=O) groups is 2. The molecule has 0 aromatic heterocycles. The highest BCUT2D eigenvalue weighted by Crippen LogP contribution is 2.28. The molecular formula is C14H18FNO4. The third-order valence-corrected chi connectivity index (χ3v) is 2.55. The van der Waals surface area contributed by atoms with Gasteiger partial charge in [-0.05, 0) is 26.8 Å². The molecule has 1 atom stereocenters. The van der Waals surface area contributed by atoms with Crippen molar-refractivity contribution >= 4 is 11.9 Å². The topological polar surface area (TPSA) is 89.6 Å². The summed E-state index contributed by atoms with van der Waals surface area (Å²) in [6, 6.07) is 5.30. The maximum Gasteiger partial charge on any atom is 0.332 e. The van der Waals surface area contributed by atoms with Crippen molar-refractivity contribution < 1.29 is 23.8 Å². The zero-order valence-electron chi connectivity index (χ0n) is 11.6. The molecule has 1 unspecified atom stereocenters. The fourth-order valence-corrected chi connectivity index (χ4v) is 1.71. The van der Waals surface area contributed by atoms with Gasteiger partial charge in [-0.2, -0.15) is 0 Å². The van der Waals surface area contributed by atoms with E-state index in [1.807, 2.05) is 0 Å². The number of carboxylic acid groups (broad SMARTS) is 1. The molecule has 0 radical (unpaired) electrons. The summed E-state index contributed by atoms with van der Waals surface area (Å²) in [5, 5.41) is 8.94. The van der Waals surface area contributed by atoms with Crippen molar-refractivity contribution in [3.63, 3.8) is 0 Å². The molecule has 0 saturated carbocycles. The molecule has 110 valence electrons. The molecule has 0 spiro atoms. The van der Waals surface area contributed by atoms with Crippen LogP contribution in [0.25, 0.3) is 0 Å². The number of rotatable bonds is 4. The first-order chi connectivity index (χ1) is 9.06. The number of carboxylic acids is 1. The third-order valence-electron chi connectivity index (χ3n) is 2.55. The largest absolute Gasteiger partial charge is 0.481 e. The molecule has 0 aliphatic carbocycles. The Labute approximate surface area is 116 Å². The SMILES string of the molecule is CC(C)(C)OC(=O)C(N)(CC(=O)O)c1ccccc1F. The fraction of sp³-hybridized carbons (Fsp3) is 0.429. The molecule has 0 aliphatic rings. The Morgan fingerprint density at radius 1 is 1.30 bits per heavy atom. The van der Waals surface area contributed by atoms with Gasteiger partial charge >= 0.3 is 11.9 Å². The van der Waals surface area contributed by atoms with Gasteiger partial charge in [0.1, 0.15) is 11.4 Å². The van der Waals surface area contributed by atoms with Crippen LogP contribution in [0, 0.1) is 5.82 Å². The summed E-state index contributed by atoms with van der Waals surface area (Å²) in [7, 11) is 0. The molecule has 1 aromatic carbocycles. The third kappa shape index (κ3) is 3.77. The maximum absolute atomic E-state index is 13.8. The van der Waals surface area contributed by atoms with Gasteiger partial charge in [-0.15, -0.1) is 0 Å². The van der Waals surface area contributed by atoms with Crippen molar-refractivity contribution in [3.8, 4) is 0 Å². The molecule has 6 heteroatoms. The molecule has 0 fully saturated rings. The average molecular weight is 283 g/mol. The van der Waals surface area contributed by atoms with Crippen LogP contribution in [-0.2, 0) is 19.9 Å². The van der Waals surface area contributed by atoms with Gasteiger partial charge in [0, 0.05) is 5.56 Å². The molecule has 0 aliphatic heterocycles. The van der Waals surface area contributed by atoms with Gasteiger partial charge in [0.05, 0.1) is 6.42 Å². The summed E-state index contributed by atoms with van der Waals surface area (Å²) in [6.45, 7) is 4.86. The van der Waals surface area contributed by atoms with E-state index in [1.165, 1.54) is 18.2 Å². The van der Waals surface area contributed by atoms with E-state index in [4.69, 9.17) is 15.6 Å². The summed E-state index contributed by atoms with van der Waals surface area (Å²) in [4.78, 5) is 23.2. The van der Waals surface area contributed by atoms with Crippen molar-refractivity contribution in [2.45, 2.75) is 38.3 Å². The van der Waals surface area contributed by atoms with Crippen LogP contribution in [0.15, 0.2) is 24.3 Å². The van der Waals surface area contributed by atoms with E-state index >= 15 is 0 Å². The highest BCUT2D eigenvalue weighted by atomic mass is 19.1. The number of aliphatic carboxylic acids is 1. The zero-order valence-corrected chi connectivity index (χ0v) is 11.6. The number of hydrogen-bond donors (Lipinski definition) is 2. The van der Waals surface area contributed by atoms with Gasteiger partial charge in [-0.25, -0.2) is 9.18 Å². The maximum atomic E-state index is 13.8. The smallest absolute Gasteiger partial charge is 0.332 e. The number of hydrogen-bond acceptors (Lipinski definition) is 4. The van der Waals surface area contributed by atoms with Crippen LogP contribution < -0.4 is 5.73 Å². The minimum atomic E-state index is -2.07. The predicted octanol–water partition coefficient (Wildman–Crippen LogP) is 1.80. The van der Waals surface area contributed by atoms with Crippen LogP contribution in [0.3, 0.4) is 0 Å². The lowest BCUT2D eigenvalue weighted by atomic mass is 9.87. The molecule has 0 saturated heterocycles. The molecule has 0 bridgehead atoms. The fourth-order valence-electron chi connectivity index (χ4n) is 1.71. The molecule has 20 heavy (non-hydrogen) atoms. The number of benzene rings is 1. The van der Waals surface area contributed by atoms with Crippen LogP contribution in [0.5, 0.6) is 0 Å². The summed E-state index contributed by atoms with van der Waals surface area (Å²) < 4.78 is 19.0. The Hall–Kier alpha value is -1.95.